The fourth-order valence-corrected chi connectivity index (χ4v) is 4.71. The number of hydrogen-bond donors (Lipinski definition) is 0. The summed E-state index contributed by atoms with van der Waals surface area (Å²) in [4.78, 5) is 17.9. The molecule has 4 atom stereocenters. The Bertz CT molecular complexity index is 416. The quantitative estimate of drug-likeness (QED) is 0.560. The lowest BCUT2D eigenvalue weighted by Gasteiger charge is -2.47. The molecule has 1 rings (SSSR count). The number of hydrogen-bond acceptors (Lipinski definition) is 3. The number of carbonyl (C=O) groups is 1. The van der Waals surface area contributed by atoms with Gasteiger partial charge < -0.3 is 19.3 Å². The van der Waals surface area contributed by atoms with Gasteiger partial charge in [-0.05, 0) is 53.4 Å². The van der Waals surface area contributed by atoms with Gasteiger partial charge in [0.25, 0.3) is 0 Å². The first-order valence-electron chi connectivity index (χ1n) is 10.3. The van der Waals surface area contributed by atoms with Crippen LogP contribution in [0, 0.1) is 0 Å². The molecule has 0 N–H and O–H groups in total. The molecule has 5 nitrogen and oxygen atoms in total. The molecule has 0 bridgehead atoms. The Morgan fingerprint density at radius 3 is 1.23 bits per heavy atom. The summed E-state index contributed by atoms with van der Waals surface area (Å²) in [6, 6.07) is 0.249. The average Bonchev–Trinajstić information content (AvgIpc) is 2.73. The summed E-state index contributed by atoms with van der Waals surface area (Å²) in [7, 11) is 3.50. The molecule has 1 fully saturated rings. The number of rotatable bonds is 10. The van der Waals surface area contributed by atoms with E-state index in [1.807, 2.05) is 0 Å². The van der Waals surface area contributed by atoms with Crippen molar-refractivity contribution < 1.29 is 14.3 Å². The van der Waals surface area contributed by atoms with Gasteiger partial charge >= 0.3 is 6.03 Å². The molecule has 154 valence electrons. The Morgan fingerprint density at radius 2 is 1.04 bits per heavy atom. The summed E-state index contributed by atoms with van der Waals surface area (Å²) in [5.41, 5.74) is -0.619. The molecule has 4 unspecified atom stereocenters. The highest BCUT2D eigenvalue weighted by atomic mass is 16.5. The molecule has 0 aromatic rings. The highest BCUT2D eigenvalue weighted by molar-refractivity contribution is 5.81. The van der Waals surface area contributed by atoms with E-state index in [1.54, 1.807) is 14.2 Å². The third kappa shape index (κ3) is 3.62. The highest BCUT2D eigenvalue weighted by Gasteiger charge is 2.61. The molecular weight excluding hydrogens is 328 g/mol. The van der Waals surface area contributed by atoms with Gasteiger partial charge in [0.2, 0.25) is 0 Å². The second-order valence-corrected chi connectivity index (χ2v) is 8.46. The minimum Gasteiger partial charge on any atom is -0.379 e. The number of urea groups is 1. The predicted molar refractivity (Wildman–Crippen MR) is 108 cm³/mol. The number of amides is 2. The van der Waals surface area contributed by atoms with Crippen molar-refractivity contribution in [2.24, 2.45) is 0 Å². The van der Waals surface area contributed by atoms with Crippen LogP contribution in [0.25, 0.3) is 0 Å². The molecule has 0 aromatic heterocycles. The van der Waals surface area contributed by atoms with Crippen molar-refractivity contribution in [3.05, 3.63) is 0 Å². The van der Waals surface area contributed by atoms with Gasteiger partial charge in [-0.1, -0.05) is 27.7 Å². The van der Waals surface area contributed by atoms with Gasteiger partial charge in [0.15, 0.2) is 0 Å². The topological polar surface area (TPSA) is 42.0 Å². The second kappa shape index (κ2) is 8.92. The first kappa shape index (κ1) is 23.2. The van der Waals surface area contributed by atoms with Crippen LogP contribution in [0.1, 0.15) is 81.1 Å². The second-order valence-electron chi connectivity index (χ2n) is 8.46. The van der Waals surface area contributed by atoms with E-state index < -0.39 is 0 Å². The van der Waals surface area contributed by atoms with E-state index in [9.17, 15) is 4.79 Å². The zero-order valence-electron chi connectivity index (χ0n) is 18.8. The molecule has 0 spiro atoms. The van der Waals surface area contributed by atoms with E-state index in [1.165, 1.54) is 0 Å². The minimum atomic E-state index is -0.309. The summed E-state index contributed by atoms with van der Waals surface area (Å²) in [6.07, 6.45) is 3.63. The van der Waals surface area contributed by atoms with Crippen molar-refractivity contribution in [3.63, 3.8) is 0 Å². The maximum atomic E-state index is 13.8. The van der Waals surface area contributed by atoms with Crippen LogP contribution in [-0.4, -0.2) is 65.4 Å². The lowest BCUT2D eigenvalue weighted by molar-refractivity contribution is -0.0202. The standard InChI is InChI=1S/C21H42N2O3/c1-11-15(17(13-3)25-9)22-19(24)23(21(7,8)20(22,5)6)16(12-2)18(14-4)26-10/h15-18H,11-14H2,1-10H3. The first-order chi connectivity index (χ1) is 12.1. The van der Waals surface area contributed by atoms with E-state index in [-0.39, 0.29) is 41.4 Å². The predicted octanol–water partition coefficient (Wildman–Crippen LogP) is 4.69. The van der Waals surface area contributed by atoms with Crippen LogP contribution in [0.3, 0.4) is 0 Å². The van der Waals surface area contributed by atoms with Crippen molar-refractivity contribution in [2.75, 3.05) is 14.2 Å². The van der Waals surface area contributed by atoms with Crippen LogP contribution in [0.2, 0.25) is 0 Å². The molecule has 5 heteroatoms. The summed E-state index contributed by atoms with van der Waals surface area (Å²) in [5, 5.41) is 0. The molecular formula is C21H42N2O3. The van der Waals surface area contributed by atoms with Crippen molar-refractivity contribution >= 4 is 6.03 Å². The summed E-state index contributed by atoms with van der Waals surface area (Å²) < 4.78 is 11.5. The van der Waals surface area contributed by atoms with Crippen LogP contribution < -0.4 is 0 Å². The van der Waals surface area contributed by atoms with Crippen molar-refractivity contribution in [3.8, 4) is 0 Å². The Morgan fingerprint density at radius 1 is 0.731 bits per heavy atom. The highest BCUT2D eigenvalue weighted by Crippen LogP contribution is 2.46. The molecule has 26 heavy (non-hydrogen) atoms. The van der Waals surface area contributed by atoms with Crippen LogP contribution in [0.4, 0.5) is 4.79 Å². The van der Waals surface area contributed by atoms with Crippen LogP contribution in [0.5, 0.6) is 0 Å². The van der Waals surface area contributed by atoms with Crippen molar-refractivity contribution in [1.29, 1.82) is 0 Å². The van der Waals surface area contributed by atoms with E-state index in [0.717, 1.165) is 25.7 Å². The molecule has 0 saturated carbocycles. The SMILES string of the molecule is CCC(OC)C(CC)N1C(=O)N(C(CC)C(CC)OC)C(C)(C)C1(C)C. The van der Waals surface area contributed by atoms with E-state index in [4.69, 9.17) is 9.47 Å². The third-order valence-electron chi connectivity index (χ3n) is 6.88. The maximum Gasteiger partial charge on any atom is 0.321 e. The fraction of sp³-hybridized carbons (Fsp3) is 0.952. The lowest BCUT2D eigenvalue weighted by Crippen LogP contribution is -2.60. The van der Waals surface area contributed by atoms with Gasteiger partial charge in [-0.25, -0.2) is 4.79 Å². The van der Waals surface area contributed by atoms with E-state index in [0.29, 0.717) is 0 Å². The lowest BCUT2D eigenvalue weighted by atomic mass is 9.80. The van der Waals surface area contributed by atoms with Gasteiger partial charge in [-0.15, -0.1) is 0 Å². The minimum absolute atomic E-state index is 0.0449. The van der Waals surface area contributed by atoms with Crippen molar-refractivity contribution in [2.45, 2.75) is 116 Å². The summed E-state index contributed by atoms with van der Waals surface area (Å²) in [5.74, 6) is 0. The van der Waals surface area contributed by atoms with Gasteiger partial charge in [-0.3, -0.25) is 0 Å². The summed E-state index contributed by atoms with van der Waals surface area (Å²) in [6.45, 7) is 17.3. The molecule has 0 aliphatic carbocycles. The molecule has 1 heterocycles. The third-order valence-corrected chi connectivity index (χ3v) is 6.88. The Hall–Kier alpha value is -0.810. The molecule has 1 aliphatic rings. The number of ether oxygens (including phenoxy) is 2. The Labute approximate surface area is 161 Å². The average molecular weight is 371 g/mol. The first-order valence-corrected chi connectivity index (χ1v) is 10.3. The van der Waals surface area contributed by atoms with Gasteiger partial charge in [-0.2, -0.15) is 0 Å². The largest absolute Gasteiger partial charge is 0.379 e. The molecule has 0 aromatic carbocycles. The van der Waals surface area contributed by atoms with Crippen molar-refractivity contribution in [1.82, 2.24) is 9.80 Å². The van der Waals surface area contributed by atoms with E-state index in [2.05, 4.69) is 65.2 Å². The number of methoxy groups -OCH3 is 2. The smallest absolute Gasteiger partial charge is 0.321 e. The normalized spacial score (nSPS) is 23.8. The Kier molecular flexibility index (Phi) is 7.97. The van der Waals surface area contributed by atoms with Crippen LogP contribution in [0.15, 0.2) is 0 Å². The number of nitrogens with zero attached hydrogens (tertiary/aromatic N) is 2. The molecule has 2 amide bonds. The maximum absolute atomic E-state index is 13.8. The fourth-order valence-electron chi connectivity index (χ4n) is 4.71. The monoisotopic (exact) mass is 370 g/mol. The van der Waals surface area contributed by atoms with Crippen LogP contribution >= 0.6 is 0 Å². The zero-order chi connectivity index (χ0) is 20.3. The zero-order valence-corrected chi connectivity index (χ0v) is 18.8. The summed E-state index contributed by atoms with van der Waals surface area (Å²) >= 11 is 0. The molecule has 1 aliphatic heterocycles. The van der Waals surface area contributed by atoms with Gasteiger partial charge in [0.1, 0.15) is 0 Å². The number of carbonyl (C=O) groups excluding carboxylic acids is 1. The molecule has 1 saturated heterocycles. The Balaban J connectivity index is 3.43. The van der Waals surface area contributed by atoms with Gasteiger partial charge in [0, 0.05) is 14.2 Å². The van der Waals surface area contributed by atoms with Gasteiger partial charge in [0.05, 0.1) is 35.4 Å². The molecule has 0 radical (unpaired) electrons. The van der Waals surface area contributed by atoms with E-state index >= 15 is 0 Å². The van der Waals surface area contributed by atoms with Crippen LogP contribution in [-0.2, 0) is 9.47 Å².